The zero-order valence-electron chi connectivity index (χ0n) is 17.6. The molecule has 8 nitrogen and oxygen atoms in total. The Hall–Kier alpha value is -4.20. The molecular weight excluding hydrogens is 410 g/mol. The Morgan fingerprint density at radius 1 is 1.09 bits per heavy atom. The van der Waals surface area contributed by atoms with Crippen LogP contribution < -0.4 is 21.2 Å². The molecule has 0 aliphatic heterocycles. The smallest absolute Gasteiger partial charge is 0.360 e. The summed E-state index contributed by atoms with van der Waals surface area (Å²) in [6, 6.07) is 17.8. The average molecular weight is 431 g/mol. The molecular formula is C24H21N3O5. The van der Waals surface area contributed by atoms with Crippen LogP contribution in [0.1, 0.15) is 19.9 Å². The van der Waals surface area contributed by atoms with E-state index in [9.17, 15) is 14.4 Å². The summed E-state index contributed by atoms with van der Waals surface area (Å²) in [5, 5.41) is 7.57. The fraction of sp³-hybridized carbons (Fsp3) is 0.167. The fourth-order valence-electron chi connectivity index (χ4n) is 3.24. The molecule has 0 spiro atoms. The van der Waals surface area contributed by atoms with Gasteiger partial charge in [0, 0.05) is 17.0 Å². The highest BCUT2D eigenvalue weighted by molar-refractivity contribution is 5.94. The van der Waals surface area contributed by atoms with Crippen molar-refractivity contribution in [3.8, 4) is 17.0 Å². The number of benzene rings is 2. The molecule has 2 heterocycles. The molecule has 1 N–H and O–H groups in total. The molecule has 0 saturated carbocycles. The van der Waals surface area contributed by atoms with Gasteiger partial charge < -0.3 is 14.5 Å². The van der Waals surface area contributed by atoms with Gasteiger partial charge in [-0.05, 0) is 56.3 Å². The number of nitrogens with one attached hydrogen (secondary N) is 1. The number of aromatic nitrogens is 2. The lowest BCUT2D eigenvalue weighted by Crippen LogP contribution is -2.34. The number of fused-ring (bicyclic) bond motifs is 1. The van der Waals surface area contributed by atoms with Crippen molar-refractivity contribution in [2.45, 2.75) is 19.9 Å². The molecule has 0 bridgehead atoms. The molecule has 2 aromatic carbocycles. The summed E-state index contributed by atoms with van der Waals surface area (Å²) in [6.07, 6.45) is 0. The third-order valence-corrected chi connectivity index (χ3v) is 4.93. The molecule has 8 heteroatoms. The van der Waals surface area contributed by atoms with E-state index >= 15 is 0 Å². The molecule has 32 heavy (non-hydrogen) atoms. The highest BCUT2D eigenvalue weighted by Crippen LogP contribution is 2.21. The topological polar surface area (TPSA) is 103 Å². The minimum Gasteiger partial charge on any atom is -0.494 e. The number of carbonyl (C=O) groups excluding carboxylic acids is 1. The first-order chi connectivity index (χ1) is 15.5. The number of nitrogens with zero attached hydrogens (tertiary/aromatic N) is 2. The van der Waals surface area contributed by atoms with E-state index in [2.05, 4.69) is 10.4 Å². The quantitative estimate of drug-likeness (QED) is 0.468. The maximum atomic E-state index is 12.8. The third kappa shape index (κ3) is 4.29. The molecule has 162 valence electrons. The number of hydrogen-bond acceptors (Lipinski definition) is 6. The van der Waals surface area contributed by atoms with Gasteiger partial charge in [0.05, 0.1) is 12.3 Å². The maximum absolute atomic E-state index is 12.8. The summed E-state index contributed by atoms with van der Waals surface area (Å²) in [5.41, 5.74) is 0.601. The van der Waals surface area contributed by atoms with Crippen molar-refractivity contribution in [3.05, 3.63) is 87.5 Å². The minimum atomic E-state index is -0.962. The Bertz CT molecular complexity index is 1390. The van der Waals surface area contributed by atoms with Gasteiger partial charge in [0.25, 0.3) is 5.56 Å². The fourth-order valence-corrected chi connectivity index (χ4v) is 3.24. The van der Waals surface area contributed by atoms with Crippen LogP contribution in [-0.4, -0.2) is 22.3 Å². The highest BCUT2D eigenvalue weighted by atomic mass is 16.5. The average Bonchev–Trinajstić information content (AvgIpc) is 2.80. The lowest BCUT2D eigenvalue weighted by atomic mass is 10.1. The summed E-state index contributed by atoms with van der Waals surface area (Å²) in [7, 11) is 0. The first-order valence-corrected chi connectivity index (χ1v) is 10.1. The molecule has 4 aromatic rings. The van der Waals surface area contributed by atoms with E-state index in [1.807, 2.05) is 31.2 Å². The number of anilines is 1. The van der Waals surface area contributed by atoms with Crippen LogP contribution >= 0.6 is 0 Å². The molecule has 0 fully saturated rings. The monoisotopic (exact) mass is 431 g/mol. The zero-order valence-corrected chi connectivity index (χ0v) is 17.6. The van der Waals surface area contributed by atoms with Gasteiger partial charge in [0.15, 0.2) is 0 Å². The number of rotatable bonds is 6. The van der Waals surface area contributed by atoms with Gasteiger partial charge in [-0.1, -0.05) is 18.2 Å². The molecule has 0 aliphatic rings. The largest absolute Gasteiger partial charge is 0.494 e. The second-order valence-corrected chi connectivity index (χ2v) is 7.11. The van der Waals surface area contributed by atoms with Crippen molar-refractivity contribution in [3.63, 3.8) is 0 Å². The predicted molar refractivity (Wildman–Crippen MR) is 121 cm³/mol. The lowest BCUT2D eigenvalue weighted by molar-refractivity contribution is -0.119. The van der Waals surface area contributed by atoms with Crippen molar-refractivity contribution < 1.29 is 13.9 Å². The van der Waals surface area contributed by atoms with Crippen molar-refractivity contribution in [2.75, 3.05) is 11.9 Å². The summed E-state index contributed by atoms with van der Waals surface area (Å²) in [5.74, 6) is 0.164. The molecule has 1 unspecified atom stereocenters. The number of hydrogen-bond donors (Lipinski definition) is 1. The summed E-state index contributed by atoms with van der Waals surface area (Å²) in [6.45, 7) is 4.00. The van der Waals surface area contributed by atoms with Crippen molar-refractivity contribution >= 4 is 22.6 Å². The van der Waals surface area contributed by atoms with E-state index in [0.717, 1.165) is 16.0 Å². The van der Waals surface area contributed by atoms with Crippen molar-refractivity contribution in [1.29, 1.82) is 0 Å². The highest BCUT2D eigenvalue weighted by Gasteiger charge is 2.20. The Morgan fingerprint density at radius 3 is 2.59 bits per heavy atom. The van der Waals surface area contributed by atoms with Crippen LogP contribution in [0.5, 0.6) is 5.75 Å². The van der Waals surface area contributed by atoms with Crippen molar-refractivity contribution in [2.24, 2.45) is 0 Å². The number of ether oxygens (including phenoxy) is 1. The van der Waals surface area contributed by atoms with Gasteiger partial charge in [-0.3, -0.25) is 9.59 Å². The summed E-state index contributed by atoms with van der Waals surface area (Å²) < 4.78 is 11.8. The predicted octanol–water partition coefficient (Wildman–Crippen LogP) is 3.62. The maximum Gasteiger partial charge on any atom is 0.360 e. The van der Waals surface area contributed by atoms with Crippen LogP contribution in [0.4, 0.5) is 5.69 Å². The van der Waals surface area contributed by atoms with Gasteiger partial charge in [-0.2, -0.15) is 5.10 Å². The molecule has 1 amide bonds. The van der Waals surface area contributed by atoms with E-state index in [1.54, 1.807) is 36.4 Å². The Balaban J connectivity index is 1.60. The molecule has 4 rings (SSSR count). The lowest BCUT2D eigenvalue weighted by Gasteiger charge is -2.15. The van der Waals surface area contributed by atoms with Crippen LogP contribution in [-0.2, 0) is 4.79 Å². The Kier molecular flexibility index (Phi) is 5.85. The van der Waals surface area contributed by atoms with Crippen molar-refractivity contribution in [1.82, 2.24) is 9.78 Å². The molecule has 0 radical (unpaired) electrons. The van der Waals surface area contributed by atoms with Crippen LogP contribution in [0.15, 0.2) is 80.7 Å². The van der Waals surface area contributed by atoms with Gasteiger partial charge in [-0.15, -0.1) is 0 Å². The second kappa shape index (κ2) is 8.89. The Labute approximate surface area is 183 Å². The first-order valence-electron chi connectivity index (χ1n) is 10.1. The molecule has 2 aromatic heterocycles. The van der Waals surface area contributed by atoms with Gasteiger partial charge in [0.1, 0.15) is 23.1 Å². The summed E-state index contributed by atoms with van der Waals surface area (Å²) in [4.78, 5) is 37.4. The molecule has 1 atom stereocenters. The SMILES string of the molecule is CCOc1ccc(-c2ccc(=O)n(C(C)C(=O)Nc3cc4ccccc4oc3=O)n2)cc1. The standard InChI is InChI=1S/C24H21N3O5/c1-3-31-18-10-8-16(9-11-18)19-12-13-22(28)27(26-19)15(2)23(29)25-20-14-17-6-4-5-7-21(17)32-24(20)30/h4-15H,3H2,1-2H3,(H,25,29). The normalized spacial score (nSPS) is 11.8. The summed E-state index contributed by atoms with van der Waals surface area (Å²) >= 11 is 0. The number of carbonyl (C=O) groups is 1. The third-order valence-electron chi connectivity index (χ3n) is 4.93. The first kappa shape index (κ1) is 21.0. The Morgan fingerprint density at radius 2 is 1.84 bits per heavy atom. The van der Waals surface area contributed by atoms with E-state index in [0.29, 0.717) is 23.3 Å². The van der Waals surface area contributed by atoms with E-state index < -0.39 is 23.1 Å². The van der Waals surface area contributed by atoms with Crippen LogP contribution in [0.25, 0.3) is 22.2 Å². The van der Waals surface area contributed by atoms with Gasteiger partial charge in [0.2, 0.25) is 5.91 Å². The number of para-hydroxylation sites is 1. The van der Waals surface area contributed by atoms with E-state index in [4.69, 9.17) is 9.15 Å². The number of amides is 1. The zero-order chi connectivity index (χ0) is 22.7. The molecule has 0 aliphatic carbocycles. The van der Waals surface area contributed by atoms with E-state index in [-0.39, 0.29) is 5.69 Å². The van der Waals surface area contributed by atoms with Crippen LogP contribution in [0.3, 0.4) is 0 Å². The van der Waals surface area contributed by atoms with E-state index in [1.165, 1.54) is 13.0 Å². The second-order valence-electron chi connectivity index (χ2n) is 7.11. The molecule has 0 saturated heterocycles. The minimum absolute atomic E-state index is 0.00346. The van der Waals surface area contributed by atoms with Gasteiger partial charge >= 0.3 is 5.63 Å². The van der Waals surface area contributed by atoms with Crippen LogP contribution in [0, 0.1) is 0 Å². The van der Waals surface area contributed by atoms with Gasteiger partial charge in [-0.25, -0.2) is 9.48 Å². The van der Waals surface area contributed by atoms with Crippen LogP contribution in [0.2, 0.25) is 0 Å².